The molecule has 4 rings (SSSR count). The molecule has 0 radical (unpaired) electrons. The number of rotatable bonds is 6. The van der Waals surface area contributed by atoms with Crippen LogP contribution in [0.15, 0.2) is 48.8 Å². The Hall–Kier alpha value is -3.31. The molecule has 1 aliphatic heterocycles. The highest BCUT2D eigenvalue weighted by atomic mass is 19.4. The highest BCUT2D eigenvalue weighted by molar-refractivity contribution is 5.95. The summed E-state index contributed by atoms with van der Waals surface area (Å²) in [6.07, 6.45) is -2.41. The first-order valence-corrected chi connectivity index (χ1v) is 10.7. The maximum absolute atomic E-state index is 13.4. The topological polar surface area (TPSA) is 72.3 Å². The van der Waals surface area contributed by atoms with Crippen molar-refractivity contribution in [2.45, 2.75) is 19.1 Å². The van der Waals surface area contributed by atoms with Crippen molar-refractivity contribution in [1.82, 2.24) is 25.0 Å². The van der Waals surface area contributed by atoms with Crippen molar-refractivity contribution < 1.29 is 27.1 Å². The molecule has 1 unspecified atom stereocenters. The molecule has 0 bridgehead atoms. The van der Waals surface area contributed by atoms with Gasteiger partial charge >= 0.3 is 6.18 Å². The number of carbonyl (C=O) groups is 1. The molecular formula is C23H23F4N5O2. The van der Waals surface area contributed by atoms with E-state index in [1.165, 1.54) is 29.1 Å². The van der Waals surface area contributed by atoms with Crippen LogP contribution in [-0.2, 0) is 10.9 Å². The maximum Gasteiger partial charge on any atom is 0.417 e. The molecular weight excluding hydrogens is 454 g/mol. The minimum atomic E-state index is -4.49. The fraction of sp³-hybridized carbons (Fsp3) is 0.348. The second kappa shape index (κ2) is 9.90. The number of halogens is 4. The average Bonchev–Trinajstić information content (AvgIpc) is 3.21. The van der Waals surface area contributed by atoms with E-state index in [0.29, 0.717) is 32.0 Å². The molecule has 0 aliphatic carbocycles. The van der Waals surface area contributed by atoms with Gasteiger partial charge in [0.25, 0.3) is 5.91 Å². The summed E-state index contributed by atoms with van der Waals surface area (Å²) in [5.41, 5.74) is 0.718. The fourth-order valence-corrected chi connectivity index (χ4v) is 3.86. The normalized spacial score (nSPS) is 15.8. The van der Waals surface area contributed by atoms with Gasteiger partial charge in [0.2, 0.25) is 0 Å². The number of hydrogen-bond acceptors (Lipinski definition) is 5. The summed E-state index contributed by atoms with van der Waals surface area (Å²) in [6.45, 7) is 4.40. The van der Waals surface area contributed by atoms with Crippen LogP contribution in [0.4, 0.5) is 17.6 Å². The number of amides is 1. The predicted octanol–water partition coefficient (Wildman–Crippen LogP) is 3.54. The third kappa shape index (κ3) is 5.26. The summed E-state index contributed by atoms with van der Waals surface area (Å²) in [5.74, 6) is -0.550. The highest BCUT2D eigenvalue weighted by Crippen LogP contribution is 2.29. The molecule has 3 heterocycles. The number of pyridine rings is 1. The predicted molar refractivity (Wildman–Crippen MR) is 115 cm³/mol. The lowest BCUT2D eigenvalue weighted by atomic mass is 10.0. The van der Waals surface area contributed by atoms with Gasteiger partial charge in [-0.1, -0.05) is 12.1 Å². The van der Waals surface area contributed by atoms with Crippen molar-refractivity contribution >= 4 is 5.91 Å². The van der Waals surface area contributed by atoms with Crippen LogP contribution in [0.2, 0.25) is 0 Å². The summed E-state index contributed by atoms with van der Waals surface area (Å²) in [7, 11) is 0. The SMILES string of the molecule is Cc1c(C(=O)NCC(c2ccc(F)cc2)N2CCOCC2)cnn1-c1ccc(C(F)(F)F)cn1. The Kier molecular flexibility index (Phi) is 6.94. The van der Waals surface area contributed by atoms with E-state index in [-0.39, 0.29) is 35.7 Å². The maximum atomic E-state index is 13.4. The van der Waals surface area contributed by atoms with Gasteiger partial charge < -0.3 is 10.1 Å². The number of benzene rings is 1. The van der Waals surface area contributed by atoms with E-state index in [1.54, 1.807) is 19.1 Å². The van der Waals surface area contributed by atoms with Crippen LogP contribution in [0.1, 0.15) is 33.2 Å². The van der Waals surface area contributed by atoms with Gasteiger partial charge in [-0.05, 0) is 36.8 Å². The summed E-state index contributed by atoms with van der Waals surface area (Å²) >= 11 is 0. The van der Waals surface area contributed by atoms with Crippen LogP contribution in [0.3, 0.4) is 0 Å². The van der Waals surface area contributed by atoms with Crippen LogP contribution in [0.25, 0.3) is 5.82 Å². The molecule has 0 saturated carbocycles. The van der Waals surface area contributed by atoms with Crippen molar-refractivity contribution in [1.29, 1.82) is 0 Å². The van der Waals surface area contributed by atoms with Crippen LogP contribution < -0.4 is 5.32 Å². The van der Waals surface area contributed by atoms with E-state index in [9.17, 15) is 22.4 Å². The minimum absolute atomic E-state index is 0.169. The number of aromatic nitrogens is 3. The third-order valence-corrected chi connectivity index (χ3v) is 5.74. The summed E-state index contributed by atoms with van der Waals surface area (Å²) < 4.78 is 58.5. The molecule has 11 heteroatoms. The standard InChI is InChI=1S/C23H23F4N5O2/c1-15-19(13-30-32(15)21-7-4-17(12-28-21)23(25,26)27)22(33)29-14-20(31-8-10-34-11-9-31)16-2-5-18(24)6-3-16/h2-7,12-13,20H,8-11,14H2,1H3,(H,29,33). The van der Waals surface area contributed by atoms with E-state index in [4.69, 9.17) is 4.74 Å². The summed E-state index contributed by atoms with van der Waals surface area (Å²) in [4.78, 5) is 18.9. The van der Waals surface area contributed by atoms with Crippen molar-refractivity contribution in [3.05, 3.63) is 77.0 Å². The molecule has 34 heavy (non-hydrogen) atoms. The van der Waals surface area contributed by atoms with Crippen molar-refractivity contribution in [3.63, 3.8) is 0 Å². The molecule has 1 atom stereocenters. The van der Waals surface area contributed by atoms with Crippen LogP contribution in [-0.4, -0.2) is 58.4 Å². The third-order valence-electron chi connectivity index (χ3n) is 5.74. The van der Waals surface area contributed by atoms with Gasteiger partial charge in [-0.2, -0.15) is 18.3 Å². The minimum Gasteiger partial charge on any atom is -0.379 e. The molecule has 1 aliphatic rings. The molecule has 1 fully saturated rings. The zero-order valence-electron chi connectivity index (χ0n) is 18.3. The molecule has 7 nitrogen and oxygen atoms in total. The second-order valence-electron chi connectivity index (χ2n) is 7.88. The molecule has 180 valence electrons. The number of alkyl halides is 3. The number of nitrogens with one attached hydrogen (secondary N) is 1. The molecule has 1 N–H and O–H groups in total. The van der Waals surface area contributed by atoms with Crippen LogP contribution in [0, 0.1) is 12.7 Å². The average molecular weight is 477 g/mol. The van der Waals surface area contributed by atoms with Gasteiger partial charge in [0.15, 0.2) is 5.82 Å². The van der Waals surface area contributed by atoms with Crippen LogP contribution >= 0.6 is 0 Å². The molecule has 1 aromatic carbocycles. The van der Waals surface area contributed by atoms with E-state index < -0.39 is 11.7 Å². The lowest BCUT2D eigenvalue weighted by molar-refractivity contribution is -0.137. The first-order chi connectivity index (χ1) is 16.2. The van der Waals surface area contributed by atoms with E-state index in [2.05, 4.69) is 20.3 Å². The Labute approximate surface area is 193 Å². The van der Waals surface area contributed by atoms with Gasteiger partial charge in [0.05, 0.1) is 42.3 Å². The molecule has 1 saturated heterocycles. The smallest absolute Gasteiger partial charge is 0.379 e. The number of hydrogen-bond donors (Lipinski definition) is 1. The van der Waals surface area contributed by atoms with E-state index >= 15 is 0 Å². The number of carbonyl (C=O) groups excluding carboxylic acids is 1. The van der Waals surface area contributed by atoms with Crippen molar-refractivity contribution in [2.75, 3.05) is 32.8 Å². The number of ether oxygens (including phenoxy) is 1. The summed E-state index contributed by atoms with van der Waals surface area (Å²) in [6, 6.07) is 8.10. The Morgan fingerprint density at radius 2 is 1.82 bits per heavy atom. The molecule has 1 amide bonds. The quantitative estimate of drug-likeness (QED) is 0.550. The van der Waals surface area contributed by atoms with Crippen LogP contribution in [0.5, 0.6) is 0 Å². The lowest BCUT2D eigenvalue weighted by Crippen LogP contribution is -2.43. The molecule has 3 aromatic rings. The van der Waals surface area contributed by atoms with Gasteiger partial charge in [-0.25, -0.2) is 14.1 Å². The second-order valence-corrected chi connectivity index (χ2v) is 7.88. The Morgan fingerprint density at radius 3 is 2.44 bits per heavy atom. The Balaban J connectivity index is 1.49. The van der Waals surface area contributed by atoms with Crippen molar-refractivity contribution in [2.24, 2.45) is 0 Å². The van der Waals surface area contributed by atoms with Crippen molar-refractivity contribution in [3.8, 4) is 5.82 Å². The van der Waals surface area contributed by atoms with E-state index in [0.717, 1.165) is 17.8 Å². The Bertz CT molecular complexity index is 1120. The van der Waals surface area contributed by atoms with Gasteiger partial charge in [0.1, 0.15) is 5.82 Å². The van der Waals surface area contributed by atoms with Gasteiger partial charge in [-0.15, -0.1) is 0 Å². The largest absolute Gasteiger partial charge is 0.417 e. The zero-order valence-corrected chi connectivity index (χ0v) is 18.3. The lowest BCUT2D eigenvalue weighted by Gasteiger charge is -2.35. The number of morpholine rings is 1. The van der Waals surface area contributed by atoms with Gasteiger partial charge in [-0.3, -0.25) is 9.69 Å². The van der Waals surface area contributed by atoms with Gasteiger partial charge in [0, 0.05) is 25.8 Å². The molecule has 0 spiro atoms. The molecule has 2 aromatic heterocycles. The highest BCUT2D eigenvalue weighted by Gasteiger charge is 2.31. The number of nitrogens with zero attached hydrogens (tertiary/aromatic N) is 4. The van der Waals surface area contributed by atoms with E-state index in [1.807, 2.05) is 0 Å². The summed E-state index contributed by atoms with van der Waals surface area (Å²) in [5, 5.41) is 7.03. The zero-order chi connectivity index (χ0) is 24.3. The first kappa shape index (κ1) is 23.8. The monoisotopic (exact) mass is 477 g/mol. The fourth-order valence-electron chi connectivity index (χ4n) is 3.86. The first-order valence-electron chi connectivity index (χ1n) is 10.7. The Morgan fingerprint density at radius 1 is 1.12 bits per heavy atom.